The van der Waals surface area contributed by atoms with Gasteiger partial charge in [0.05, 0.1) is 27.7 Å². The maximum atomic E-state index is 11.1. The molecule has 0 spiro atoms. The molecule has 5 nitrogen and oxygen atoms in total. The van der Waals surface area contributed by atoms with E-state index >= 15 is 0 Å². The summed E-state index contributed by atoms with van der Waals surface area (Å²) in [5.74, 6) is 7.03. The van der Waals surface area contributed by atoms with Gasteiger partial charge in [0.1, 0.15) is 5.75 Å². The first-order valence-corrected chi connectivity index (χ1v) is 13.6. The molecule has 0 saturated carbocycles. The highest BCUT2D eigenvalue weighted by atomic mass is 32.1. The Balaban J connectivity index is 1.44. The molecule has 5 rings (SSSR count). The number of hydrogen-bond donors (Lipinski definition) is 0. The zero-order chi connectivity index (χ0) is 26.2. The van der Waals surface area contributed by atoms with E-state index < -0.39 is 0 Å². The van der Waals surface area contributed by atoms with Crippen molar-refractivity contribution in [1.82, 2.24) is 15.0 Å². The summed E-state index contributed by atoms with van der Waals surface area (Å²) in [6.45, 7) is 2.64. The summed E-state index contributed by atoms with van der Waals surface area (Å²) in [7, 11) is 0. The van der Waals surface area contributed by atoms with Crippen molar-refractivity contribution < 1.29 is 9.53 Å². The number of ether oxygens (including phenoxy) is 1. The third-order valence-corrected chi connectivity index (χ3v) is 7.14. The lowest BCUT2D eigenvalue weighted by molar-refractivity contribution is -0.120. The Morgan fingerprint density at radius 1 is 0.868 bits per heavy atom. The number of carbonyl (C=O) groups is 1. The van der Waals surface area contributed by atoms with Crippen LogP contribution in [0.2, 0.25) is 0 Å². The molecule has 0 aliphatic heterocycles. The molecular formula is C32H27N3O2S. The molecule has 0 fully saturated rings. The molecule has 5 aromatic rings. The van der Waals surface area contributed by atoms with Crippen molar-refractivity contribution >= 4 is 28.6 Å². The van der Waals surface area contributed by atoms with Crippen molar-refractivity contribution in [2.45, 2.75) is 39.0 Å². The highest BCUT2D eigenvalue weighted by molar-refractivity contribution is 7.10. The number of hydrogen-bond acceptors (Lipinski definition) is 6. The van der Waals surface area contributed by atoms with E-state index in [-0.39, 0.29) is 0 Å². The van der Waals surface area contributed by atoms with Crippen molar-refractivity contribution in [3.05, 3.63) is 94.4 Å². The molecule has 6 heteroatoms. The van der Waals surface area contributed by atoms with Crippen LogP contribution in [0.3, 0.4) is 0 Å². The number of pyridine rings is 3. The second kappa shape index (κ2) is 12.3. The van der Waals surface area contributed by atoms with Crippen LogP contribution in [0.1, 0.15) is 48.6 Å². The molecular weight excluding hydrogens is 490 g/mol. The summed E-state index contributed by atoms with van der Waals surface area (Å²) in [6, 6.07) is 19.4. The van der Waals surface area contributed by atoms with Gasteiger partial charge in [-0.25, -0.2) is 4.98 Å². The van der Waals surface area contributed by atoms with Crippen LogP contribution in [0.5, 0.6) is 5.75 Å². The number of benzene rings is 1. The minimum atomic E-state index is 0.375. The van der Waals surface area contributed by atoms with E-state index in [1.165, 1.54) is 31.2 Å². The Kier molecular flexibility index (Phi) is 8.17. The van der Waals surface area contributed by atoms with E-state index in [0.29, 0.717) is 35.0 Å². The van der Waals surface area contributed by atoms with Crippen molar-refractivity contribution in [2.24, 2.45) is 0 Å². The number of fused-ring (bicyclic) bond motifs is 1. The van der Waals surface area contributed by atoms with E-state index in [9.17, 15) is 4.79 Å². The lowest BCUT2D eigenvalue weighted by atomic mass is 10.1. The first-order valence-electron chi connectivity index (χ1n) is 12.8. The van der Waals surface area contributed by atoms with E-state index in [1.54, 1.807) is 29.7 Å². The zero-order valence-corrected chi connectivity index (χ0v) is 22.0. The van der Waals surface area contributed by atoms with Crippen molar-refractivity contribution in [1.29, 1.82) is 0 Å². The van der Waals surface area contributed by atoms with Crippen LogP contribution in [0, 0.1) is 11.8 Å². The lowest BCUT2D eigenvalue weighted by Crippen LogP contribution is -1.96. The zero-order valence-electron chi connectivity index (χ0n) is 21.2. The van der Waals surface area contributed by atoms with Crippen molar-refractivity contribution in [3.8, 4) is 40.4 Å². The number of aryl methyl sites for hydroxylation is 1. The lowest BCUT2D eigenvalue weighted by Gasteiger charge is -2.08. The van der Waals surface area contributed by atoms with Crippen molar-refractivity contribution in [3.63, 3.8) is 0 Å². The summed E-state index contributed by atoms with van der Waals surface area (Å²) < 4.78 is 5.20. The quantitative estimate of drug-likeness (QED) is 0.115. The first kappa shape index (κ1) is 25.3. The van der Waals surface area contributed by atoms with Gasteiger partial charge >= 0.3 is 0 Å². The molecule has 0 radical (unpaired) electrons. The molecule has 0 aliphatic rings. The van der Waals surface area contributed by atoms with Gasteiger partial charge in [-0.15, -0.1) is 11.3 Å². The Hall–Kier alpha value is -4.34. The van der Waals surface area contributed by atoms with Gasteiger partial charge in [0, 0.05) is 35.5 Å². The topological polar surface area (TPSA) is 65.0 Å². The van der Waals surface area contributed by atoms with E-state index in [0.717, 1.165) is 27.6 Å². The summed E-state index contributed by atoms with van der Waals surface area (Å²) >= 11 is 1.68. The second-order valence-electron chi connectivity index (χ2n) is 8.97. The normalized spacial score (nSPS) is 10.7. The maximum Gasteiger partial charge on any atom is 0.298 e. The van der Waals surface area contributed by atoms with Gasteiger partial charge in [0.2, 0.25) is 0 Å². The Morgan fingerprint density at radius 2 is 1.68 bits per heavy atom. The largest absolute Gasteiger partial charge is 0.429 e. The molecule has 0 unspecified atom stereocenters. The van der Waals surface area contributed by atoms with Crippen molar-refractivity contribution in [2.75, 3.05) is 0 Å². The van der Waals surface area contributed by atoms with Crippen LogP contribution in [-0.4, -0.2) is 21.4 Å². The average molecular weight is 518 g/mol. The van der Waals surface area contributed by atoms with E-state index in [2.05, 4.69) is 40.2 Å². The molecule has 38 heavy (non-hydrogen) atoms. The molecule has 0 N–H and O–H groups in total. The summed E-state index contributed by atoms with van der Waals surface area (Å²) in [5, 5.41) is 4.21. The highest BCUT2D eigenvalue weighted by Crippen LogP contribution is 2.28. The molecule has 0 atom stereocenters. The molecule has 4 heterocycles. The maximum absolute atomic E-state index is 11.1. The standard InChI is InChI=1S/C32H27N3O2S/c1-2-3-4-5-8-24-14-16-38-32(24)12-11-23-13-15-33-28(17-23)30-19-27(37-22-36)20-31(35-30)29-18-25-9-6-7-10-26(25)21-34-29/h6-7,9-10,13-22H,2-5,8H2,1H3. The number of thiophene rings is 1. The monoisotopic (exact) mass is 517 g/mol. The van der Waals surface area contributed by atoms with E-state index in [1.807, 2.05) is 48.7 Å². The fourth-order valence-electron chi connectivity index (χ4n) is 4.28. The van der Waals surface area contributed by atoms with Crippen LogP contribution in [0.15, 0.2) is 78.4 Å². The summed E-state index contributed by atoms with van der Waals surface area (Å²) in [4.78, 5) is 26.2. The summed E-state index contributed by atoms with van der Waals surface area (Å²) in [6.07, 6.45) is 9.56. The molecule has 0 bridgehead atoms. The van der Waals surface area contributed by atoms with Crippen LogP contribution >= 0.6 is 11.3 Å². The van der Waals surface area contributed by atoms with Gasteiger partial charge in [0.25, 0.3) is 6.47 Å². The van der Waals surface area contributed by atoms with E-state index in [4.69, 9.17) is 9.72 Å². The molecule has 1 aromatic carbocycles. The van der Waals surface area contributed by atoms with Gasteiger partial charge in [-0.3, -0.25) is 14.8 Å². The minimum Gasteiger partial charge on any atom is -0.429 e. The molecule has 0 amide bonds. The average Bonchev–Trinajstić information content (AvgIpc) is 3.41. The highest BCUT2D eigenvalue weighted by Gasteiger charge is 2.11. The predicted octanol–water partition coefficient (Wildman–Crippen LogP) is 7.48. The van der Waals surface area contributed by atoms with Gasteiger partial charge in [-0.1, -0.05) is 62.3 Å². The van der Waals surface area contributed by atoms with Gasteiger partial charge in [-0.05, 0) is 53.4 Å². The second-order valence-corrected chi connectivity index (χ2v) is 9.89. The number of aromatic nitrogens is 3. The SMILES string of the molecule is CCCCCCc1ccsc1C#Cc1ccnc(-c2cc(OC=O)cc(-c3cc4ccccc4cn3)n2)c1. The number of nitrogens with zero attached hydrogens (tertiary/aromatic N) is 3. The molecule has 4 aromatic heterocycles. The fourth-order valence-corrected chi connectivity index (χ4v) is 5.08. The van der Waals surface area contributed by atoms with Crippen LogP contribution in [0.25, 0.3) is 33.5 Å². The Bertz CT molecular complexity index is 1630. The predicted molar refractivity (Wildman–Crippen MR) is 153 cm³/mol. The third kappa shape index (κ3) is 6.13. The van der Waals surface area contributed by atoms with Crippen LogP contribution in [0.4, 0.5) is 0 Å². The van der Waals surface area contributed by atoms with Crippen LogP contribution in [-0.2, 0) is 11.2 Å². The van der Waals surface area contributed by atoms with Gasteiger partial charge < -0.3 is 4.74 Å². The minimum absolute atomic E-state index is 0.375. The summed E-state index contributed by atoms with van der Waals surface area (Å²) in [5.41, 5.74) is 4.65. The number of carbonyl (C=O) groups excluding carboxylic acids is 1. The van der Waals surface area contributed by atoms with Gasteiger partial charge in [-0.2, -0.15) is 0 Å². The smallest absolute Gasteiger partial charge is 0.298 e. The Morgan fingerprint density at radius 3 is 2.50 bits per heavy atom. The fraction of sp³-hybridized carbons (Fsp3) is 0.188. The van der Waals surface area contributed by atoms with Crippen LogP contribution < -0.4 is 4.74 Å². The first-order chi connectivity index (χ1) is 18.7. The molecule has 0 saturated heterocycles. The molecule has 0 aliphatic carbocycles. The van der Waals surface area contributed by atoms with Gasteiger partial charge in [0.15, 0.2) is 0 Å². The molecule has 188 valence electrons. The Labute approximate surface area is 226 Å². The number of unbranched alkanes of at least 4 members (excludes halogenated alkanes) is 3. The third-order valence-electron chi connectivity index (χ3n) is 6.27. The number of rotatable bonds is 9.